The number of thioether (sulfide) groups is 2. The molecule has 0 aliphatic carbocycles. The molecular formula is C20H16Cl2N2O3S2. The number of amides is 1. The van der Waals surface area contributed by atoms with Crippen molar-refractivity contribution in [3.8, 4) is 0 Å². The first-order valence-corrected chi connectivity index (χ1v) is 11.0. The number of anilines is 1. The maximum Gasteiger partial charge on any atom is 0.316 e. The zero-order valence-electron chi connectivity index (χ0n) is 15.5. The molecule has 5 nitrogen and oxygen atoms in total. The zero-order chi connectivity index (χ0) is 21.1. The third-order valence-electron chi connectivity index (χ3n) is 4.09. The molecule has 0 aromatic heterocycles. The maximum atomic E-state index is 12.5. The predicted octanol–water partition coefficient (Wildman–Crippen LogP) is 6.27. The molecule has 1 aliphatic rings. The fourth-order valence-electron chi connectivity index (χ4n) is 2.66. The number of hydrogen-bond acceptors (Lipinski definition) is 5. The van der Waals surface area contributed by atoms with Crippen LogP contribution >= 0.6 is 46.7 Å². The van der Waals surface area contributed by atoms with E-state index < -0.39 is 4.92 Å². The molecule has 2 aromatic carbocycles. The summed E-state index contributed by atoms with van der Waals surface area (Å²) in [6.07, 6.45) is 0. The van der Waals surface area contributed by atoms with E-state index in [0.29, 0.717) is 5.69 Å². The highest BCUT2D eigenvalue weighted by Gasteiger charge is 2.38. The number of aryl methyl sites for hydroxylation is 2. The van der Waals surface area contributed by atoms with Crippen LogP contribution in [0.5, 0.6) is 0 Å². The van der Waals surface area contributed by atoms with Crippen molar-refractivity contribution in [3.05, 3.63) is 89.9 Å². The van der Waals surface area contributed by atoms with Crippen LogP contribution in [0, 0.1) is 24.0 Å². The average Bonchev–Trinajstić information content (AvgIpc) is 3.04. The molecule has 0 radical (unpaired) electrons. The first kappa shape index (κ1) is 21.8. The van der Waals surface area contributed by atoms with Crippen molar-refractivity contribution in [2.24, 2.45) is 0 Å². The molecule has 0 bridgehead atoms. The van der Waals surface area contributed by atoms with Gasteiger partial charge in [-0.3, -0.25) is 19.8 Å². The smallest absolute Gasteiger partial charge is 0.273 e. The van der Waals surface area contributed by atoms with Crippen molar-refractivity contribution in [2.75, 3.05) is 10.7 Å². The summed E-state index contributed by atoms with van der Waals surface area (Å²) in [6.45, 7) is 3.88. The summed E-state index contributed by atoms with van der Waals surface area (Å²) in [5, 5.41) is 12.3. The minimum Gasteiger partial charge on any atom is -0.273 e. The van der Waals surface area contributed by atoms with Gasteiger partial charge in [0.05, 0.1) is 10.7 Å². The molecule has 0 unspecified atom stereocenters. The van der Waals surface area contributed by atoms with Gasteiger partial charge in [0.1, 0.15) is 9.40 Å². The normalized spacial score (nSPS) is 15.4. The second-order valence-electron chi connectivity index (χ2n) is 6.27. The summed E-state index contributed by atoms with van der Waals surface area (Å²) < 4.78 is -0.224. The summed E-state index contributed by atoms with van der Waals surface area (Å²) in [5.41, 5.74) is 2.36. The van der Waals surface area contributed by atoms with Crippen LogP contribution in [0.2, 0.25) is 0 Å². The Kier molecular flexibility index (Phi) is 6.95. The quantitative estimate of drug-likeness (QED) is 0.295. The van der Waals surface area contributed by atoms with Crippen molar-refractivity contribution in [1.82, 2.24) is 0 Å². The Balaban J connectivity index is 2.11. The molecule has 1 amide bonds. The van der Waals surface area contributed by atoms with E-state index in [-0.39, 0.29) is 31.8 Å². The fraction of sp³-hybridized carbons (Fsp3) is 0.150. The zero-order valence-corrected chi connectivity index (χ0v) is 18.7. The lowest BCUT2D eigenvalue weighted by molar-refractivity contribution is -0.420. The van der Waals surface area contributed by atoms with Gasteiger partial charge in [0.25, 0.3) is 0 Å². The molecule has 0 N–H and O–H groups in total. The molecule has 1 saturated heterocycles. The predicted molar refractivity (Wildman–Crippen MR) is 121 cm³/mol. The van der Waals surface area contributed by atoms with Crippen LogP contribution in [-0.4, -0.2) is 16.6 Å². The van der Waals surface area contributed by atoms with Crippen molar-refractivity contribution < 1.29 is 9.72 Å². The molecular weight excluding hydrogens is 451 g/mol. The first-order chi connectivity index (χ1) is 13.8. The average molecular weight is 467 g/mol. The lowest BCUT2D eigenvalue weighted by atomic mass is 10.2. The number of benzene rings is 2. The van der Waals surface area contributed by atoms with Crippen molar-refractivity contribution >= 4 is 58.3 Å². The first-order valence-electron chi connectivity index (χ1n) is 8.49. The Morgan fingerprint density at radius 2 is 1.62 bits per heavy atom. The Hall–Kier alpha value is -1.93. The summed E-state index contributed by atoms with van der Waals surface area (Å²) in [6, 6.07) is 14.7. The lowest BCUT2D eigenvalue weighted by Gasteiger charge is -2.18. The van der Waals surface area contributed by atoms with E-state index >= 15 is 0 Å². The van der Waals surface area contributed by atoms with Gasteiger partial charge in [-0.05, 0) is 38.1 Å². The van der Waals surface area contributed by atoms with E-state index in [4.69, 9.17) is 23.2 Å². The largest absolute Gasteiger partial charge is 0.316 e. The number of rotatable bonds is 5. The van der Waals surface area contributed by atoms with Crippen LogP contribution < -0.4 is 4.90 Å². The van der Waals surface area contributed by atoms with Gasteiger partial charge in [0.15, 0.2) is 5.03 Å². The molecule has 9 heteroatoms. The van der Waals surface area contributed by atoms with Crippen LogP contribution in [0.1, 0.15) is 11.1 Å². The number of carbonyl (C=O) groups excluding carboxylic acids is 1. The topological polar surface area (TPSA) is 63.5 Å². The van der Waals surface area contributed by atoms with E-state index in [2.05, 4.69) is 0 Å². The minimum absolute atomic E-state index is 0.0940. The molecule has 0 saturated carbocycles. The Bertz CT molecular complexity index is 1020. The van der Waals surface area contributed by atoms with Gasteiger partial charge < -0.3 is 0 Å². The molecule has 0 atom stereocenters. The second-order valence-corrected chi connectivity index (χ2v) is 9.27. The monoisotopic (exact) mass is 466 g/mol. The highest BCUT2D eigenvalue weighted by molar-refractivity contribution is 8.05. The number of nitrogens with zero attached hydrogens (tertiary/aromatic N) is 2. The van der Waals surface area contributed by atoms with E-state index in [0.717, 1.165) is 39.5 Å². The van der Waals surface area contributed by atoms with Gasteiger partial charge in [-0.2, -0.15) is 0 Å². The van der Waals surface area contributed by atoms with Crippen LogP contribution in [0.4, 0.5) is 5.69 Å². The van der Waals surface area contributed by atoms with E-state index in [1.807, 2.05) is 50.2 Å². The standard InChI is InChI=1S/C20H16Cl2N2O3S2/c1-12-3-7-14(8-4-12)23-16(25)11-28-20(23)17(24(26)27)18(19(21)22)29-15-9-5-13(2)6-10-15/h3-10H,11H2,1-2H3/b20-17-. The van der Waals surface area contributed by atoms with Crippen LogP contribution in [0.25, 0.3) is 0 Å². The van der Waals surface area contributed by atoms with E-state index in [1.54, 1.807) is 12.1 Å². The Morgan fingerprint density at radius 3 is 2.14 bits per heavy atom. The number of halogens is 2. The molecule has 1 aliphatic heterocycles. The van der Waals surface area contributed by atoms with Crippen molar-refractivity contribution in [2.45, 2.75) is 18.7 Å². The summed E-state index contributed by atoms with van der Waals surface area (Å²) in [5.74, 6) is -0.137. The number of nitro groups is 1. The fourth-order valence-corrected chi connectivity index (χ4v) is 5.03. The molecule has 3 rings (SSSR count). The van der Waals surface area contributed by atoms with Gasteiger partial charge in [0.2, 0.25) is 5.91 Å². The summed E-state index contributed by atoms with van der Waals surface area (Å²) in [7, 11) is 0. The van der Waals surface area contributed by atoms with Gasteiger partial charge in [-0.15, -0.1) is 0 Å². The highest BCUT2D eigenvalue weighted by atomic mass is 35.5. The maximum absolute atomic E-state index is 12.5. The number of carbonyl (C=O) groups is 1. The van der Waals surface area contributed by atoms with Gasteiger partial charge >= 0.3 is 5.70 Å². The highest BCUT2D eigenvalue weighted by Crippen LogP contribution is 2.44. The number of hydrogen-bond donors (Lipinski definition) is 0. The van der Waals surface area contributed by atoms with Crippen molar-refractivity contribution in [3.63, 3.8) is 0 Å². The van der Waals surface area contributed by atoms with Crippen molar-refractivity contribution in [1.29, 1.82) is 0 Å². The molecule has 1 fully saturated rings. The Morgan fingerprint density at radius 1 is 1.07 bits per heavy atom. The van der Waals surface area contributed by atoms with Crippen LogP contribution in [0.15, 0.2) is 73.5 Å². The molecule has 150 valence electrons. The van der Waals surface area contributed by atoms with E-state index in [9.17, 15) is 14.9 Å². The summed E-state index contributed by atoms with van der Waals surface area (Å²) >= 11 is 14.3. The molecule has 29 heavy (non-hydrogen) atoms. The second kappa shape index (κ2) is 9.26. The summed E-state index contributed by atoms with van der Waals surface area (Å²) in [4.78, 5) is 26.3. The lowest BCUT2D eigenvalue weighted by Crippen LogP contribution is -2.26. The molecule has 0 spiro atoms. The van der Waals surface area contributed by atoms with Crippen LogP contribution in [0.3, 0.4) is 0 Å². The third-order valence-corrected chi connectivity index (χ3v) is 6.84. The Labute approximate surface area is 186 Å². The minimum atomic E-state index is -0.538. The third kappa shape index (κ3) is 4.98. The SMILES string of the molecule is Cc1ccc(SC(=C(Cl)Cl)/C(=C2/SCC(=O)N2c2ccc(C)cc2)[N+](=O)[O-])cc1. The van der Waals surface area contributed by atoms with Gasteiger partial charge in [-0.25, -0.2) is 0 Å². The van der Waals surface area contributed by atoms with Crippen LogP contribution in [-0.2, 0) is 4.79 Å². The van der Waals surface area contributed by atoms with Gasteiger partial charge in [0, 0.05) is 10.6 Å². The van der Waals surface area contributed by atoms with E-state index in [1.165, 1.54) is 4.90 Å². The van der Waals surface area contributed by atoms with Gasteiger partial charge in [-0.1, -0.05) is 82.1 Å². The molecule has 2 aromatic rings. The molecule has 1 heterocycles.